The summed E-state index contributed by atoms with van der Waals surface area (Å²) >= 11 is 6.19. The zero-order valence-corrected chi connectivity index (χ0v) is 16.0. The second-order valence-corrected chi connectivity index (χ2v) is 7.19. The first-order chi connectivity index (χ1) is 14.1. The molecule has 0 saturated heterocycles. The Morgan fingerprint density at radius 2 is 1.72 bits per heavy atom. The Hall–Kier alpha value is -3.70. The van der Waals surface area contributed by atoms with Crippen molar-refractivity contribution < 1.29 is 0 Å². The lowest BCUT2D eigenvalue weighted by atomic mass is 10.0. The topological polar surface area (TPSA) is 73.8 Å². The molecule has 0 bridgehead atoms. The second-order valence-electron chi connectivity index (χ2n) is 6.75. The van der Waals surface area contributed by atoms with Crippen molar-refractivity contribution in [2.45, 2.75) is 0 Å². The van der Waals surface area contributed by atoms with Gasteiger partial charge in [-0.15, -0.1) is 0 Å². The molecule has 2 N–H and O–H groups in total. The normalized spacial score (nSPS) is 11.2. The van der Waals surface area contributed by atoms with Crippen LogP contribution in [0.4, 0.5) is 5.82 Å². The number of nitrogens with zero attached hydrogens (tertiary/aromatic N) is 3. The summed E-state index contributed by atoms with van der Waals surface area (Å²) in [4.78, 5) is 21.6. The molecular formula is C23H15ClN4O. The third kappa shape index (κ3) is 3.02. The molecule has 140 valence electrons. The molecule has 0 atom stereocenters. The summed E-state index contributed by atoms with van der Waals surface area (Å²) < 4.78 is 1.68. The maximum Gasteiger partial charge on any atom is 0.255 e. The van der Waals surface area contributed by atoms with Gasteiger partial charge in [-0.3, -0.25) is 14.3 Å². The number of fused-ring (bicyclic) bond motifs is 3. The molecule has 0 radical (unpaired) electrons. The van der Waals surface area contributed by atoms with E-state index in [0.717, 1.165) is 32.9 Å². The highest BCUT2D eigenvalue weighted by molar-refractivity contribution is 6.30. The Balaban J connectivity index is 1.87. The van der Waals surface area contributed by atoms with Crippen LogP contribution in [0.3, 0.4) is 0 Å². The SMILES string of the molecule is Nc1ccc(-c2ccc3ncc4ccc(=O)n(-c5cccc(Cl)c5)c4c3c2)cn1. The number of aromatic nitrogens is 3. The van der Waals surface area contributed by atoms with Gasteiger partial charge in [-0.25, -0.2) is 4.98 Å². The minimum Gasteiger partial charge on any atom is -0.384 e. The average Bonchev–Trinajstić information content (AvgIpc) is 2.73. The summed E-state index contributed by atoms with van der Waals surface area (Å²) in [5.74, 6) is 0.469. The number of hydrogen-bond donors (Lipinski definition) is 1. The van der Waals surface area contributed by atoms with Gasteiger partial charge in [-0.2, -0.15) is 0 Å². The molecule has 0 aliphatic rings. The van der Waals surface area contributed by atoms with Crippen molar-refractivity contribution in [3.63, 3.8) is 0 Å². The van der Waals surface area contributed by atoms with E-state index in [1.54, 1.807) is 47.3 Å². The number of halogens is 1. The quantitative estimate of drug-likeness (QED) is 0.432. The highest BCUT2D eigenvalue weighted by Gasteiger charge is 2.12. The van der Waals surface area contributed by atoms with Crippen LogP contribution in [0.1, 0.15) is 0 Å². The van der Waals surface area contributed by atoms with Gasteiger partial charge in [0.05, 0.1) is 16.7 Å². The van der Waals surface area contributed by atoms with Crippen molar-refractivity contribution in [2.75, 3.05) is 5.73 Å². The van der Waals surface area contributed by atoms with Gasteiger partial charge < -0.3 is 5.73 Å². The van der Waals surface area contributed by atoms with E-state index in [1.165, 1.54) is 0 Å². The zero-order chi connectivity index (χ0) is 20.0. The van der Waals surface area contributed by atoms with E-state index in [2.05, 4.69) is 9.97 Å². The molecule has 0 unspecified atom stereocenters. The Morgan fingerprint density at radius 1 is 0.862 bits per heavy atom. The fraction of sp³-hybridized carbons (Fsp3) is 0. The van der Waals surface area contributed by atoms with Crippen molar-refractivity contribution in [1.82, 2.24) is 14.5 Å². The lowest BCUT2D eigenvalue weighted by Gasteiger charge is -2.13. The summed E-state index contributed by atoms with van der Waals surface area (Å²) in [5, 5.41) is 2.30. The Labute approximate surface area is 171 Å². The molecule has 0 fully saturated rings. The highest BCUT2D eigenvalue weighted by Crippen LogP contribution is 2.29. The average molecular weight is 399 g/mol. The van der Waals surface area contributed by atoms with Gasteiger partial charge in [-0.1, -0.05) is 23.7 Å². The van der Waals surface area contributed by atoms with Crippen molar-refractivity contribution in [3.05, 3.63) is 94.5 Å². The van der Waals surface area contributed by atoms with E-state index in [-0.39, 0.29) is 5.56 Å². The van der Waals surface area contributed by atoms with E-state index < -0.39 is 0 Å². The third-order valence-corrected chi connectivity index (χ3v) is 5.14. The zero-order valence-electron chi connectivity index (χ0n) is 15.2. The summed E-state index contributed by atoms with van der Waals surface area (Å²) in [7, 11) is 0. The number of nitrogens with two attached hydrogens (primary N) is 1. The maximum atomic E-state index is 12.9. The summed E-state index contributed by atoms with van der Waals surface area (Å²) in [6.07, 6.45) is 3.52. The Bertz CT molecular complexity index is 1440. The smallest absolute Gasteiger partial charge is 0.255 e. The number of benzene rings is 2. The first-order valence-corrected chi connectivity index (χ1v) is 9.40. The van der Waals surface area contributed by atoms with Crippen LogP contribution in [0.25, 0.3) is 38.6 Å². The molecular weight excluding hydrogens is 384 g/mol. The monoisotopic (exact) mass is 398 g/mol. The van der Waals surface area contributed by atoms with Gasteiger partial charge in [0.2, 0.25) is 0 Å². The van der Waals surface area contributed by atoms with E-state index in [4.69, 9.17) is 17.3 Å². The molecule has 3 heterocycles. The van der Waals surface area contributed by atoms with Crippen LogP contribution < -0.4 is 11.3 Å². The van der Waals surface area contributed by atoms with Gasteiger partial charge in [0.15, 0.2) is 0 Å². The minimum absolute atomic E-state index is 0.133. The number of anilines is 1. The predicted molar refractivity (Wildman–Crippen MR) is 117 cm³/mol. The molecule has 0 aliphatic heterocycles. The van der Waals surface area contributed by atoms with Crippen LogP contribution >= 0.6 is 11.6 Å². The van der Waals surface area contributed by atoms with Crippen LogP contribution in [0.2, 0.25) is 5.02 Å². The number of pyridine rings is 3. The van der Waals surface area contributed by atoms with Crippen molar-refractivity contribution >= 4 is 39.2 Å². The molecule has 6 heteroatoms. The Kier molecular flexibility index (Phi) is 4.03. The van der Waals surface area contributed by atoms with Crippen LogP contribution in [-0.2, 0) is 0 Å². The number of rotatable bonds is 2. The fourth-order valence-electron chi connectivity index (χ4n) is 3.54. The fourth-order valence-corrected chi connectivity index (χ4v) is 3.72. The van der Waals surface area contributed by atoms with Crippen molar-refractivity contribution in [3.8, 4) is 16.8 Å². The standard InChI is InChI=1S/C23H15ClN4O/c24-17-2-1-3-18(11-17)28-22(29)9-6-16-13-26-20-7-4-14(10-19(20)23(16)28)15-5-8-21(25)27-12-15/h1-13H,(H2,25,27). The molecule has 29 heavy (non-hydrogen) atoms. The van der Waals surface area contributed by atoms with Gasteiger partial charge in [0.1, 0.15) is 5.82 Å². The van der Waals surface area contributed by atoms with Crippen LogP contribution in [-0.4, -0.2) is 14.5 Å². The van der Waals surface area contributed by atoms with Crippen molar-refractivity contribution in [2.24, 2.45) is 0 Å². The molecule has 0 amide bonds. The summed E-state index contributed by atoms with van der Waals surface area (Å²) in [6.45, 7) is 0. The molecule has 3 aromatic heterocycles. The first-order valence-electron chi connectivity index (χ1n) is 9.02. The Morgan fingerprint density at radius 3 is 2.52 bits per heavy atom. The van der Waals surface area contributed by atoms with E-state index in [0.29, 0.717) is 16.5 Å². The van der Waals surface area contributed by atoms with E-state index >= 15 is 0 Å². The minimum atomic E-state index is -0.133. The lowest BCUT2D eigenvalue weighted by Crippen LogP contribution is -2.17. The van der Waals surface area contributed by atoms with E-state index in [9.17, 15) is 4.79 Å². The molecule has 5 aromatic rings. The lowest BCUT2D eigenvalue weighted by molar-refractivity contribution is 1.05. The molecule has 0 saturated carbocycles. The van der Waals surface area contributed by atoms with Gasteiger partial charge in [0.25, 0.3) is 5.56 Å². The highest BCUT2D eigenvalue weighted by atomic mass is 35.5. The molecule has 5 nitrogen and oxygen atoms in total. The van der Waals surface area contributed by atoms with Crippen LogP contribution in [0.15, 0.2) is 83.9 Å². The molecule has 5 rings (SSSR count). The molecule has 0 spiro atoms. The maximum absolute atomic E-state index is 12.9. The molecule has 2 aromatic carbocycles. The van der Waals surface area contributed by atoms with Crippen LogP contribution in [0.5, 0.6) is 0 Å². The third-order valence-electron chi connectivity index (χ3n) is 4.90. The van der Waals surface area contributed by atoms with Gasteiger partial charge in [0, 0.05) is 39.8 Å². The summed E-state index contributed by atoms with van der Waals surface area (Å²) in [6, 6.07) is 20.2. The molecule has 0 aliphatic carbocycles. The van der Waals surface area contributed by atoms with Crippen molar-refractivity contribution in [1.29, 1.82) is 0 Å². The summed E-state index contributed by atoms with van der Waals surface area (Å²) in [5.41, 5.74) is 9.77. The number of hydrogen-bond acceptors (Lipinski definition) is 4. The second kappa shape index (κ2) is 6.72. The predicted octanol–water partition coefficient (Wildman–Crippen LogP) is 4.84. The first kappa shape index (κ1) is 17.4. The largest absolute Gasteiger partial charge is 0.384 e. The van der Waals surface area contributed by atoms with E-state index in [1.807, 2.05) is 36.4 Å². The number of nitrogen functional groups attached to an aromatic ring is 1. The van der Waals surface area contributed by atoms with Crippen LogP contribution in [0, 0.1) is 0 Å². The van der Waals surface area contributed by atoms with Gasteiger partial charge >= 0.3 is 0 Å². The van der Waals surface area contributed by atoms with Gasteiger partial charge in [-0.05, 0) is 54.1 Å².